The van der Waals surface area contributed by atoms with E-state index in [9.17, 15) is 17.6 Å². The fourth-order valence-electron chi connectivity index (χ4n) is 4.79. The van der Waals surface area contributed by atoms with Gasteiger partial charge in [-0.25, -0.2) is 4.39 Å². The van der Waals surface area contributed by atoms with Gasteiger partial charge in [0.1, 0.15) is 11.5 Å². The number of ether oxygens (including phenoxy) is 2. The molecule has 6 heteroatoms. The van der Waals surface area contributed by atoms with Gasteiger partial charge in [-0.2, -0.15) is 13.2 Å². The zero-order chi connectivity index (χ0) is 24.1. The lowest BCUT2D eigenvalue weighted by molar-refractivity contribution is -0.0498. The minimum absolute atomic E-state index is 0.0541. The third-order valence-electron chi connectivity index (χ3n) is 6.56. The monoisotopic (exact) mass is 472 g/mol. The van der Waals surface area contributed by atoms with E-state index in [2.05, 4.69) is 23.8 Å². The average molecular weight is 473 g/mol. The summed E-state index contributed by atoms with van der Waals surface area (Å²) in [4.78, 5) is 0. The highest BCUT2D eigenvalue weighted by atomic mass is 19.3. The summed E-state index contributed by atoms with van der Waals surface area (Å²) in [5.74, 6) is -0.916. The number of alkyl halides is 2. The van der Waals surface area contributed by atoms with Crippen LogP contribution in [0.3, 0.4) is 0 Å². The van der Waals surface area contributed by atoms with Crippen molar-refractivity contribution in [3.63, 3.8) is 0 Å². The minimum Gasteiger partial charge on any atom is -0.454 e. The van der Waals surface area contributed by atoms with Gasteiger partial charge in [-0.15, -0.1) is 0 Å². The maximum Gasteiger partial charge on any atom is 0.387 e. The van der Waals surface area contributed by atoms with Gasteiger partial charge in [-0.1, -0.05) is 44.0 Å². The van der Waals surface area contributed by atoms with Gasteiger partial charge >= 0.3 is 6.61 Å². The molecule has 0 N–H and O–H groups in total. The Labute approximate surface area is 197 Å². The standard InChI is InChI=1S/C28H28F4O2/c1-2-3-18-4-6-19(7-5-18)20-8-10-21(11-9-20)24-16-17-25(29)26(30)27(24)33-22-12-14-23(15-13-22)34-28(31)32/h8-19,28H,2-7H2,1H3. The van der Waals surface area contributed by atoms with Crippen LogP contribution in [0.5, 0.6) is 17.2 Å². The molecule has 0 spiro atoms. The van der Waals surface area contributed by atoms with Crippen LogP contribution in [0.15, 0.2) is 60.7 Å². The Morgan fingerprint density at radius 3 is 2.09 bits per heavy atom. The van der Waals surface area contributed by atoms with E-state index in [1.54, 1.807) is 0 Å². The zero-order valence-corrected chi connectivity index (χ0v) is 19.1. The fraction of sp³-hybridized carbons (Fsp3) is 0.357. The Morgan fingerprint density at radius 1 is 0.824 bits per heavy atom. The number of halogens is 4. The number of rotatable bonds is 8. The summed E-state index contributed by atoms with van der Waals surface area (Å²) < 4.78 is 63.4. The average Bonchev–Trinajstić information content (AvgIpc) is 2.84. The molecule has 1 saturated carbocycles. The molecule has 4 rings (SSSR count). The molecule has 34 heavy (non-hydrogen) atoms. The van der Waals surface area contributed by atoms with Crippen LogP contribution in [-0.2, 0) is 0 Å². The first-order valence-electron chi connectivity index (χ1n) is 11.8. The Morgan fingerprint density at radius 2 is 1.47 bits per heavy atom. The van der Waals surface area contributed by atoms with Gasteiger partial charge < -0.3 is 9.47 Å². The second-order valence-electron chi connectivity index (χ2n) is 8.82. The SMILES string of the molecule is CCCC1CCC(c2ccc(-c3ccc(F)c(F)c3Oc3ccc(OC(F)F)cc3)cc2)CC1. The molecule has 1 fully saturated rings. The minimum atomic E-state index is -2.95. The molecular weight excluding hydrogens is 444 g/mol. The number of benzene rings is 3. The lowest BCUT2D eigenvalue weighted by Gasteiger charge is -2.28. The van der Waals surface area contributed by atoms with Crippen molar-refractivity contribution >= 4 is 0 Å². The number of hydrogen-bond acceptors (Lipinski definition) is 2. The van der Waals surface area contributed by atoms with E-state index in [1.165, 1.54) is 74.4 Å². The van der Waals surface area contributed by atoms with Crippen molar-refractivity contribution in [2.24, 2.45) is 5.92 Å². The molecule has 3 aromatic carbocycles. The summed E-state index contributed by atoms with van der Waals surface area (Å²) in [5.41, 5.74) is 2.37. The second-order valence-corrected chi connectivity index (χ2v) is 8.82. The van der Waals surface area contributed by atoms with Crippen LogP contribution in [-0.4, -0.2) is 6.61 Å². The van der Waals surface area contributed by atoms with E-state index in [0.717, 1.165) is 12.0 Å². The molecule has 1 aliphatic carbocycles. The van der Waals surface area contributed by atoms with Crippen LogP contribution in [0.1, 0.15) is 56.9 Å². The molecule has 0 bridgehead atoms. The highest BCUT2D eigenvalue weighted by molar-refractivity contribution is 5.71. The molecule has 0 atom stereocenters. The van der Waals surface area contributed by atoms with E-state index in [0.29, 0.717) is 17.0 Å². The maximum atomic E-state index is 14.7. The molecule has 180 valence electrons. The van der Waals surface area contributed by atoms with Gasteiger partial charge in [0.05, 0.1) is 0 Å². The quantitative estimate of drug-likeness (QED) is 0.304. The maximum absolute atomic E-state index is 14.7. The van der Waals surface area contributed by atoms with E-state index in [4.69, 9.17) is 4.74 Å². The summed E-state index contributed by atoms with van der Waals surface area (Å²) >= 11 is 0. The van der Waals surface area contributed by atoms with Crippen LogP contribution in [0.2, 0.25) is 0 Å². The van der Waals surface area contributed by atoms with Crippen molar-refractivity contribution < 1.29 is 27.0 Å². The lowest BCUT2D eigenvalue weighted by Crippen LogP contribution is -2.13. The van der Waals surface area contributed by atoms with Gasteiger partial charge in [0, 0.05) is 5.56 Å². The number of hydrogen-bond donors (Lipinski definition) is 0. The van der Waals surface area contributed by atoms with Crippen molar-refractivity contribution in [3.05, 3.63) is 77.9 Å². The molecule has 3 aromatic rings. The summed E-state index contributed by atoms with van der Waals surface area (Å²) in [6.45, 7) is -0.716. The molecule has 0 heterocycles. The van der Waals surface area contributed by atoms with Crippen LogP contribution in [0, 0.1) is 17.6 Å². The molecule has 0 unspecified atom stereocenters. The molecule has 0 aliphatic heterocycles. The molecule has 0 radical (unpaired) electrons. The normalized spacial score (nSPS) is 18.2. The Kier molecular flexibility index (Phi) is 7.76. The molecular formula is C28H28F4O2. The zero-order valence-electron chi connectivity index (χ0n) is 19.1. The summed E-state index contributed by atoms with van der Waals surface area (Å²) in [6.07, 6.45) is 7.39. The van der Waals surface area contributed by atoms with E-state index < -0.39 is 18.2 Å². The second kappa shape index (κ2) is 10.9. The Bertz CT molecular complexity index is 1070. The van der Waals surface area contributed by atoms with Gasteiger partial charge in [0.15, 0.2) is 11.6 Å². The fourth-order valence-corrected chi connectivity index (χ4v) is 4.79. The van der Waals surface area contributed by atoms with Crippen LogP contribution >= 0.6 is 0 Å². The smallest absolute Gasteiger partial charge is 0.387 e. The van der Waals surface area contributed by atoms with E-state index >= 15 is 0 Å². The van der Waals surface area contributed by atoms with Crippen molar-refractivity contribution in [1.82, 2.24) is 0 Å². The van der Waals surface area contributed by atoms with Gasteiger partial charge in [0.2, 0.25) is 5.82 Å². The van der Waals surface area contributed by atoms with Crippen molar-refractivity contribution in [2.45, 2.75) is 58.0 Å². The summed E-state index contributed by atoms with van der Waals surface area (Å²) in [6, 6.07) is 15.8. The highest BCUT2D eigenvalue weighted by Gasteiger charge is 2.22. The van der Waals surface area contributed by atoms with Gasteiger partial charge in [-0.05, 0) is 85.0 Å². The highest BCUT2D eigenvalue weighted by Crippen LogP contribution is 2.40. The first-order chi connectivity index (χ1) is 16.4. The predicted molar refractivity (Wildman–Crippen MR) is 125 cm³/mol. The Hall–Kier alpha value is -3.02. The van der Waals surface area contributed by atoms with Crippen molar-refractivity contribution in [1.29, 1.82) is 0 Å². The van der Waals surface area contributed by atoms with Crippen LogP contribution in [0.25, 0.3) is 11.1 Å². The predicted octanol–water partition coefficient (Wildman–Crippen LogP) is 9.10. The first-order valence-corrected chi connectivity index (χ1v) is 11.8. The van der Waals surface area contributed by atoms with Crippen LogP contribution < -0.4 is 9.47 Å². The van der Waals surface area contributed by atoms with Crippen LogP contribution in [0.4, 0.5) is 17.6 Å². The van der Waals surface area contributed by atoms with E-state index in [-0.39, 0.29) is 17.2 Å². The van der Waals surface area contributed by atoms with Gasteiger partial charge in [0.25, 0.3) is 0 Å². The summed E-state index contributed by atoms with van der Waals surface area (Å²) in [7, 11) is 0. The third kappa shape index (κ3) is 5.72. The topological polar surface area (TPSA) is 18.5 Å². The van der Waals surface area contributed by atoms with Gasteiger partial charge in [-0.3, -0.25) is 0 Å². The van der Waals surface area contributed by atoms with Crippen molar-refractivity contribution in [3.8, 4) is 28.4 Å². The lowest BCUT2D eigenvalue weighted by atomic mass is 9.77. The molecule has 2 nitrogen and oxygen atoms in total. The molecule has 0 amide bonds. The molecule has 0 saturated heterocycles. The van der Waals surface area contributed by atoms with E-state index in [1.807, 2.05) is 12.1 Å². The third-order valence-corrected chi connectivity index (χ3v) is 6.56. The van der Waals surface area contributed by atoms with Crippen molar-refractivity contribution in [2.75, 3.05) is 0 Å². The summed E-state index contributed by atoms with van der Waals surface area (Å²) in [5, 5.41) is 0. The molecule has 1 aliphatic rings. The first kappa shape index (κ1) is 24.1. The molecule has 0 aromatic heterocycles. The largest absolute Gasteiger partial charge is 0.454 e. The Balaban J connectivity index is 1.54.